The van der Waals surface area contributed by atoms with Crippen molar-refractivity contribution in [1.82, 2.24) is 19.9 Å². The standard InChI is InChI=1S/C20H19F3N6S/c21-11-3-4-13(22)12(8-11)17-2-1-6-28(17)18-5-7-29-19(27-18)16(10-24-29)26-20(30)25-15-9-14(15)23/h3-5,7-8,10,14-15,17H,1-2,6,9H2,(H2,25,26,30)/t14-,15+,17-/m1/s1. The summed E-state index contributed by atoms with van der Waals surface area (Å²) in [6, 6.07) is 4.79. The number of rotatable bonds is 4. The fourth-order valence-corrected chi connectivity index (χ4v) is 4.14. The third kappa shape index (κ3) is 3.55. The van der Waals surface area contributed by atoms with Gasteiger partial charge < -0.3 is 15.5 Å². The molecule has 1 aliphatic carbocycles. The van der Waals surface area contributed by atoms with Crippen LogP contribution in [0.25, 0.3) is 5.65 Å². The maximum atomic E-state index is 14.4. The van der Waals surface area contributed by atoms with Crippen molar-refractivity contribution in [3.63, 3.8) is 0 Å². The van der Waals surface area contributed by atoms with E-state index in [9.17, 15) is 13.2 Å². The highest BCUT2D eigenvalue weighted by atomic mass is 32.1. The highest BCUT2D eigenvalue weighted by Gasteiger charge is 2.38. The molecule has 156 valence electrons. The van der Waals surface area contributed by atoms with Crippen LogP contribution in [0.4, 0.5) is 24.7 Å². The van der Waals surface area contributed by atoms with Crippen LogP contribution in [0, 0.1) is 11.6 Å². The molecular formula is C20H19F3N6S. The molecule has 2 fully saturated rings. The van der Waals surface area contributed by atoms with Gasteiger partial charge in [0.15, 0.2) is 10.8 Å². The summed E-state index contributed by atoms with van der Waals surface area (Å²) in [5, 5.41) is 10.5. The molecular weight excluding hydrogens is 413 g/mol. The number of hydrogen-bond donors (Lipinski definition) is 2. The lowest BCUT2D eigenvalue weighted by Crippen LogP contribution is -2.31. The number of halogens is 3. The number of thiocarbonyl (C=S) groups is 1. The summed E-state index contributed by atoms with van der Waals surface area (Å²) in [7, 11) is 0. The van der Waals surface area contributed by atoms with E-state index in [1.807, 2.05) is 4.90 Å². The first kappa shape index (κ1) is 19.1. The van der Waals surface area contributed by atoms with Crippen LogP contribution in [0.5, 0.6) is 0 Å². The van der Waals surface area contributed by atoms with Crippen LogP contribution < -0.4 is 15.5 Å². The van der Waals surface area contributed by atoms with E-state index >= 15 is 0 Å². The minimum Gasteiger partial charge on any atom is -0.357 e. The zero-order chi connectivity index (χ0) is 20.8. The Bertz CT molecular complexity index is 1120. The SMILES string of the molecule is Fc1ccc(F)c([C@H]2CCCN2c2ccn3ncc(NC(=S)N[C@H]4C[C@H]4F)c3n2)c1. The van der Waals surface area contributed by atoms with Gasteiger partial charge in [0.2, 0.25) is 0 Å². The molecule has 2 aromatic heterocycles. The molecule has 2 aliphatic rings. The number of anilines is 2. The first-order chi connectivity index (χ1) is 14.5. The minimum absolute atomic E-state index is 0.248. The number of alkyl halides is 1. The normalized spacial score (nSPS) is 23.0. The molecule has 1 saturated heterocycles. The van der Waals surface area contributed by atoms with Gasteiger partial charge in [-0.1, -0.05) is 0 Å². The lowest BCUT2D eigenvalue weighted by atomic mass is 10.0. The van der Waals surface area contributed by atoms with E-state index < -0.39 is 17.8 Å². The van der Waals surface area contributed by atoms with Crippen LogP contribution in [-0.2, 0) is 0 Å². The van der Waals surface area contributed by atoms with Crippen LogP contribution >= 0.6 is 12.2 Å². The van der Waals surface area contributed by atoms with E-state index in [0.717, 1.165) is 18.6 Å². The molecule has 0 spiro atoms. The molecule has 0 bridgehead atoms. The van der Waals surface area contributed by atoms with Gasteiger partial charge in [0.1, 0.15) is 29.3 Å². The van der Waals surface area contributed by atoms with Gasteiger partial charge in [-0.05, 0) is 49.3 Å². The van der Waals surface area contributed by atoms with Gasteiger partial charge in [-0.2, -0.15) is 5.10 Å². The Kier molecular flexibility index (Phi) is 4.73. The van der Waals surface area contributed by atoms with Crippen molar-refractivity contribution in [2.75, 3.05) is 16.8 Å². The molecule has 1 saturated carbocycles. The van der Waals surface area contributed by atoms with Crippen LogP contribution in [0.3, 0.4) is 0 Å². The van der Waals surface area contributed by atoms with E-state index in [1.165, 1.54) is 6.07 Å². The molecule has 5 rings (SSSR count). The number of nitrogens with zero attached hydrogens (tertiary/aromatic N) is 4. The largest absolute Gasteiger partial charge is 0.357 e. The monoisotopic (exact) mass is 432 g/mol. The summed E-state index contributed by atoms with van der Waals surface area (Å²) in [5.74, 6) is -0.248. The highest BCUT2D eigenvalue weighted by molar-refractivity contribution is 7.80. The molecule has 3 atom stereocenters. The lowest BCUT2D eigenvalue weighted by Gasteiger charge is -2.26. The van der Waals surface area contributed by atoms with E-state index in [1.54, 1.807) is 23.0 Å². The van der Waals surface area contributed by atoms with Crippen LogP contribution in [0.15, 0.2) is 36.7 Å². The molecule has 0 unspecified atom stereocenters. The summed E-state index contributed by atoms with van der Waals surface area (Å²) in [6.45, 7) is 0.681. The Balaban J connectivity index is 1.42. The average Bonchev–Trinajstić information content (AvgIpc) is 3.11. The second-order valence-electron chi connectivity index (χ2n) is 7.59. The Labute approximate surface area is 176 Å². The molecule has 0 amide bonds. The van der Waals surface area contributed by atoms with Gasteiger partial charge in [-0.15, -0.1) is 0 Å². The van der Waals surface area contributed by atoms with Gasteiger partial charge in [0.25, 0.3) is 0 Å². The topological polar surface area (TPSA) is 57.5 Å². The second-order valence-corrected chi connectivity index (χ2v) is 7.99. The number of nitrogens with one attached hydrogen (secondary N) is 2. The third-order valence-corrected chi connectivity index (χ3v) is 5.72. The van der Waals surface area contributed by atoms with Gasteiger partial charge in [-0.3, -0.25) is 0 Å². The lowest BCUT2D eigenvalue weighted by molar-refractivity contribution is 0.461. The van der Waals surface area contributed by atoms with E-state index in [2.05, 4.69) is 15.7 Å². The quantitative estimate of drug-likeness (QED) is 0.613. The number of benzene rings is 1. The van der Waals surface area contributed by atoms with Crippen molar-refractivity contribution in [2.45, 2.75) is 37.5 Å². The molecule has 2 N–H and O–H groups in total. The number of aromatic nitrogens is 3. The minimum atomic E-state index is -0.867. The molecule has 30 heavy (non-hydrogen) atoms. The van der Waals surface area contributed by atoms with Gasteiger partial charge >= 0.3 is 0 Å². The number of fused-ring (bicyclic) bond motifs is 1. The summed E-state index contributed by atoms with van der Waals surface area (Å²) in [5.41, 5.74) is 1.45. The predicted octanol–water partition coefficient (Wildman–Crippen LogP) is 3.75. The van der Waals surface area contributed by atoms with Gasteiger partial charge in [0.05, 0.1) is 18.3 Å². The molecule has 6 nitrogen and oxygen atoms in total. The summed E-state index contributed by atoms with van der Waals surface area (Å²) in [6.07, 6.45) is 4.48. The average molecular weight is 432 g/mol. The van der Waals surface area contributed by atoms with Crippen molar-refractivity contribution in [3.05, 3.63) is 53.9 Å². The third-order valence-electron chi connectivity index (χ3n) is 5.50. The van der Waals surface area contributed by atoms with Crippen molar-refractivity contribution >= 4 is 34.5 Å². The summed E-state index contributed by atoms with van der Waals surface area (Å²) >= 11 is 5.24. The van der Waals surface area contributed by atoms with Crippen LogP contribution in [0.1, 0.15) is 30.9 Å². The molecule has 3 heterocycles. The Hall–Kier alpha value is -2.88. The molecule has 0 radical (unpaired) electrons. The van der Waals surface area contributed by atoms with Crippen molar-refractivity contribution in [3.8, 4) is 0 Å². The Morgan fingerprint density at radius 1 is 1.23 bits per heavy atom. The van der Waals surface area contributed by atoms with Crippen LogP contribution in [0.2, 0.25) is 0 Å². The van der Waals surface area contributed by atoms with E-state index in [4.69, 9.17) is 17.2 Å². The van der Waals surface area contributed by atoms with Crippen LogP contribution in [-0.4, -0.2) is 38.5 Å². The van der Waals surface area contributed by atoms with Gasteiger partial charge in [-0.25, -0.2) is 22.7 Å². The molecule has 1 aromatic carbocycles. The summed E-state index contributed by atoms with van der Waals surface area (Å²) in [4.78, 5) is 6.67. The van der Waals surface area contributed by atoms with Gasteiger partial charge in [0, 0.05) is 24.7 Å². The van der Waals surface area contributed by atoms with Crippen molar-refractivity contribution in [1.29, 1.82) is 0 Å². The van der Waals surface area contributed by atoms with E-state index in [0.29, 0.717) is 47.2 Å². The predicted molar refractivity (Wildman–Crippen MR) is 111 cm³/mol. The maximum Gasteiger partial charge on any atom is 0.180 e. The molecule has 3 aromatic rings. The number of hydrogen-bond acceptors (Lipinski definition) is 4. The summed E-state index contributed by atoms with van der Waals surface area (Å²) < 4.78 is 42.8. The smallest absolute Gasteiger partial charge is 0.180 e. The Morgan fingerprint density at radius 2 is 2.07 bits per heavy atom. The molecule has 1 aliphatic heterocycles. The second kappa shape index (κ2) is 7.42. The first-order valence-electron chi connectivity index (χ1n) is 9.77. The Morgan fingerprint density at radius 3 is 2.87 bits per heavy atom. The fraction of sp³-hybridized carbons (Fsp3) is 0.350. The van der Waals surface area contributed by atoms with E-state index in [-0.39, 0.29) is 12.1 Å². The molecule has 10 heteroatoms. The van der Waals surface area contributed by atoms with Crippen molar-refractivity contribution in [2.24, 2.45) is 0 Å². The first-order valence-corrected chi connectivity index (χ1v) is 10.2. The maximum absolute atomic E-state index is 14.4. The zero-order valence-electron chi connectivity index (χ0n) is 15.9. The zero-order valence-corrected chi connectivity index (χ0v) is 16.7. The fourth-order valence-electron chi connectivity index (χ4n) is 3.88. The van der Waals surface area contributed by atoms with Crippen molar-refractivity contribution < 1.29 is 13.2 Å². The highest BCUT2D eigenvalue weighted by Crippen LogP contribution is 2.37.